The first-order valence-electron chi connectivity index (χ1n) is 7.48. The van der Waals surface area contributed by atoms with Crippen molar-refractivity contribution < 1.29 is 14.3 Å². The van der Waals surface area contributed by atoms with E-state index in [0.717, 1.165) is 11.4 Å². The number of thiazole rings is 1. The number of hydrogen-bond donors (Lipinski definition) is 1. The van der Waals surface area contributed by atoms with Crippen molar-refractivity contribution in [1.82, 2.24) is 10.3 Å². The first-order valence-corrected chi connectivity index (χ1v) is 8.36. The van der Waals surface area contributed by atoms with Crippen molar-refractivity contribution in [1.29, 1.82) is 0 Å². The molecule has 0 aliphatic carbocycles. The Kier molecular flexibility index (Phi) is 5.98. The first-order chi connectivity index (χ1) is 11.1. The van der Waals surface area contributed by atoms with Gasteiger partial charge in [0, 0.05) is 11.6 Å². The van der Waals surface area contributed by atoms with Gasteiger partial charge >= 0.3 is 0 Å². The normalized spacial score (nSPS) is 12.0. The van der Waals surface area contributed by atoms with E-state index in [2.05, 4.69) is 24.1 Å². The highest BCUT2D eigenvalue weighted by Crippen LogP contribution is 2.30. The van der Waals surface area contributed by atoms with Crippen molar-refractivity contribution in [3.63, 3.8) is 0 Å². The fraction of sp³-hybridized carbons (Fsp3) is 0.412. The van der Waals surface area contributed by atoms with Crippen LogP contribution in [0, 0.1) is 5.92 Å². The first kappa shape index (κ1) is 17.3. The molecular formula is C17H22N2O3S. The molecular weight excluding hydrogens is 312 g/mol. The second-order valence-corrected chi connectivity index (χ2v) is 6.49. The lowest BCUT2D eigenvalue weighted by Crippen LogP contribution is -2.30. The van der Waals surface area contributed by atoms with Gasteiger partial charge in [-0.3, -0.25) is 4.79 Å². The SMILES string of the molecule is COc1cccc(OC)c1C(=O)NC(CC(C)C)c1nccs1. The minimum absolute atomic E-state index is 0.128. The zero-order chi connectivity index (χ0) is 16.8. The van der Waals surface area contributed by atoms with E-state index in [1.165, 1.54) is 14.2 Å². The molecule has 0 spiro atoms. The summed E-state index contributed by atoms with van der Waals surface area (Å²) in [7, 11) is 3.08. The largest absolute Gasteiger partial charge is 0.496 e. The molecule has 1 N–H and O–H groups in total. The number of carbonyl (C=O) groups excluding carboxylic acids is 1. The number of nitrogens with zero attached hydrogens (tertiary/aromatic N) is 1. The predicted molar refractivity (Wildman–Crippen MR) is 91.3 cm³/mol. The molecule has 1 amide bonds. The lowest BCUT2D eigenvalue weighted by Gasteiger charge is -2.20. The van der Waals surface area contributed by atoms with Crippen LogP contribution in [0.5, 0.6) is 11.5 Å². The van der Waals surface area contributed by atoms with Crippen LogP contribution in [0.25, 0.3) is 0 Å². The van der Waals surface area contributed by atoms with Crippen molar-refractivity contribution in [3.05, 3.63) is 40.3 Å². The third kappa shape index (κ3) is 4.22. The van der Waals surface area contributed by atoms with Crippen LogP contribution in [0.4, 0.5) is 0 Å². The van der Waals surface area contributed by atoms with Gasteiger partial charge in [0.2, 0.25) is 0 Å². The molecule has 0 aliphatic heterocycles. The smallest absolute Gasteiger partial charge is 0.259 e. The molecule has 1 heterocycles. The molecule has 1 atom stereocenters. The Morgan fingerprint density at radius 2 is 1.91 bits per heavy atom. The van der Waals surface area contributed by atoms with Crippen molar-refractivity contribution in [2.75, 3.05) is 14.2 Å². The molecule has 2 aromatic rings. The van der Waals surface area contributed by atoms with Gasteiger partial charge in [0.25, 0.3) is 5.91 Å². The van der Waals surface area contributed by atoms with E-state index in [1.54, 1.807) is 35.7 Å². The third-order valence-corrected chi connectivity index (χ3v) is 4.31. The summed E-state index contributed by atoms with van der Waals surface area (Å²) < 4.78 is 10.6. The highest BCUT2D eigenvalue weighted by atomic mass is 32.1. The Morgan fingerprint density at radius 3 is 2.39 bits per heavy atom. The van der Waals surface area contributed by atoms with Gasteiger partial charge in [0.1, 0.15) is 22.1 Å². The molecule has 2 rings (SSSR count). The molecule has 0 radical (unpaired) electrons. The number of aromatic nitrogens is 1. The molecule has 124 valence electrons. The minimum atomic E-state index is -0.222. The molecule has 0 fully saturated rings. The Hall–Kier alpha value is -2.08. The highest BCUT2D eigenvalue weighted by Gasteiger charge is 2.23. The average Bonchev–Trinajstić information content (AvgIpc) is 3.07. The van der Waals surface area contributed by atoms with E-state index >= 15 is 0 Å². The summed E-state index contributed by atoms with van der Waals surface area (Å²) >= 11 is 1.54. The molecule has 6 heteroatoms. The maximum Gasteiger partial charge on any atom is 0.259 e. The highest BCUT2D eigenvalue weighted by molar-refractivity contribution is 7.09. The fourth-order valence-electron chi connectivity index (χ4n) is 2.40. The van der Waals surface area contributed by atoms with E-state index in [4.69, 9.17) is 9.47 Å². The Labute approximate surface area is 140 Å². The van der Waals surface area contributed by atoms with Gasteiger partial charge < -0.3 is 14.8 Å². The van der Waals surface area contributed by atoms with E-state index < -0.39 is 0 Å². The van der Waals surface area contributed by atoms with Crippen LogP contribution in [0.2, 0.25) is 0 Å². The summed E-state index contributed by atoms with van der Waals surface area (Å²) in [5, 5.41) is 5.88. The summed E-state index contributed by atoms with van der Waals surface area (Å²) in [5.74, 6) is 1.19. The second kappa shape index (κ2) is 7.97. The van der Waals surface area contributed by atoms with Crippen LogP contribution in [-0.4, -0.2) is 25.1 Å². The topological polar surface area (TPSA) is 60.5 Å². The number of hydrogen-bond acceptors (Lipinski definition) is 5. The number of amides is 1. The van der Waals surface area contributed by atoms with Crippen molar-refractivity contribution in [2.24, 2.45) is 5.92 Å². The molecule has 0 saturated heterocycles. The summed E-state index contributed by atoms with van der Waals surface area (Å²) in [6.07, 6.45) is 2.57. The number of methoxy groups -OCH3 is 2. The Balaban J connectivity index is 2.29. The maximum atomic E-state index is 12.8. The van der Waals surface area contributed by atoms with Crippen molar-refractivity contribution >= 4 is 17.2 Å². The number of carbonyl (C=O) groups is 1. The van der Waals surface area contributed by atoms with Crippen LogP contribution >= 0.6 is 11.3 Å². The standard InChI is InChI=1S/C17H22N2O3S/c1-11(2)10-12(17-18-8-9-23-17)19-16(20)15-13(21-3)6-5-7-14(15)22-4/h5-9,11-12H,10H2,1-4H3,(H,19,20). The van der Waals surface area contributed by atoms with Gasteiger partial charge in [-0.25, -0.2) is 4.98 Å². The number of ether oxygens (including phenoxy) is 2. The molecule has 5 nitrogen and oxygen atoms in total. The molecule has 1 aromatic heterocycles. The lowest BCUT2D eigenvalue weighted by molar-refractivity contribution is 0.0925. The number of rotatable bonds is 7. The quantitative estimate of drug-likeness (QED) is 0.839. The zero-order valence-electron chi connectivity index (χ0n) is 13.8. The van der Waals surface area contributed by atoms with Gasteiger partial charge in [0.05, 0.1) is 20.3 Å². The van der Waals surface area contributed by atoms with Crippen molar-refractivity contribution in [2.45, 2.75) is 26.3 Å². The Bertz CT molecular complexity index is 619. The zero-order valence-corrected chi connectivity index (χ0v) is 14.6. The number of benzene rings is 1. The second-order valence-electron chi connectivity index (χ2n) is 5.56. The monoisotopic (exact) mass is 334 g/mol. The number of nitrogens with one attached hydrogen (secondary N) is 1. The third-order valence-electron chi connectivity index (χ3n) is 3.42. The van der Waals surface area contributed by atoms with Crippen LogP contribution < -0.4 is 14.8 Å². The van der Waals surface area contributed by atoms with E-state index in [-0.39, 0.29) is 11.9 Å². The van der Waals surface area contributed by atoms with Crippen molar-refractivity contribution in [3.8, 4) is 11.5 Å². The van der Waals surface area contributed by atoms with E-state index in [9.17, 15) is 4.79 Å². The molecule has 0 saturated carbocycles. The molecule has 23 heavy (non-hydrogen) atoms. The van der Waals surface area contributed by atoms with Gasteiger partial charge in [-0.05, 0) is 24.5 Å². The van der Waals surface area contributed by atoms with E-state index in [1.807, 2.05) is 5.38 Å². The summed E-state index contributed by atoms with van der Waals surface area (Å²) in [4.78, 5) is 17.1. The summed E-state index contributed by atoms with van der Waals surface area (Å²) in [6, 6.07) is 5.16. The average molecular weight is 334 g/mol. The van der Waals surface area contributed by atoms with E-state index in [0.29, 0.717) is 23.0 Å². The summed E-state index contributed by atoms with van der Waals surface area (Å²) in [5.41, 5.74) is 0.405. The molecule has 1 aromatic carbocycles. The van der Waals surface area contributed by atoms with Crippen LogP contribution in [0.15, 0.2) is 29.8 Å². The van der Waals surface area contributed by atoms with Gasteiger partial charge in [-0.1, -0.05) is 19.9 Å². The molecule has 0 aliphatic rings. The van der Waals surface area contributed by atoms with Crippen LogP contribution in [0.3, 0.4) is 0 Å². The summed E-state index contributed by atoms with van der Waals surface area (Å²) in [6.45, 7) is 4.24. The maximum absolute atomic E-state index is 12.8. The van der Waals surface area contributed by atoms with Gasteiger partial charge in [-0.15, -0.1) is 11.3 Å². The molecule has 0 bridgehead atoms. The molecule has 1 unspecified atom stereocenters. The lowest BCUT2D eigenvalue weighted by atomic mass is 10.0. The fourth-order valence-corrected chi connectivity index (χ4v) is 3.11. The van der Waals surface area contributed by atoms with Gasteiger partial charge in [-0.2, -0.15) is 0 Å². The Morgan fingerprint density at radius 1 is 1.26 bits per heavy atom. The minimum Gasteiger partial charge on any atom is -0.496 e. The van der Waals surface area contributed by atoms with Crippen LogP contribution in [-0.2, 0) is 0 Å². The van der Waals surface area contributed by atoms with Crippen LogP contribution in [0.1, 0.15) is 41.7 Å². The predicted octanol–water partition coefficient (Wildman–Crippen LogP) is 3.68. The van der Waals surface area contributed by atoms with Gasteiger partial charge in [0.15, 0.2) is 0 Å².